The van der Waals surface area contributed by atoms with E-state index < -0.39 is 0 Å². The lowest BCUT2D eigenvalue weighted by Gasteiger charge is -2.04. The molecule has 0 aliphatic rings. The lowest BCUT2D eigenvalue weighted by atomic mass is 10.2. The standard InChI is InChI=1S/C17H17N3OS/c21-17(13-22-12-14-6-2-1-3-7-14)18-10-15-11-19-20-9-5-4-8-16(15)20/h1-9,11H,10,12-13H2,(H,18,21). The summed E-state index contributed by atoms with van der Waals surface area (Å²) in [5.41, 5.74) is 3.30. The molecule has 2 aromatic heterocycles. The summed E-state index contributed by atoms with van der Waals surface area (Å²) in [6.07, 6.45) is 3.70. The molecule has 1 amide bonds. The summed E-state index contributed by atoms with van der Waals surface area (Å²) in [4.78, 5) is 11.9. The summed E-state index contributed by atoms with van der Waals surface area (Å²) >= 11 is 1.62. The van der Waals surface area contributed by atoms with Gasteiger partial charge in [-0.2, -0.15) is 5.10 Å². The molecule has 5 heteroatoms. The van der Waals surface area contributed by atoms with Crippen LogP contribution in [0.2, 0.25) is 0 Å². The Hall–Kier alpha value is -2.27. The van der Waals surface area contributed by atoms with E-state index in [-0.39, 0.29) is 5.91 Å². The van der Waals surface area contributed by atoms with E-state index in [2.05, 4.69) is 22.5 Å². The second kappa shape index (κ2) is 7.13. The fourth-order valence-electron chi connectivity index (χ4n) is 2.20. The number of pyridine rings is 1. The molecule has 1 aromatic carbocycles. The second-order valence-electron chi connectivity index (χ2n) is 4.96. The van der Waals surface area contributed by atoms with E-state index in [0.29, 0.717) is 12.3 Å². The van der Waals surface area contributed by atoms with Crippen molar-refractivity contribution in [2.75, 3.05) is 5.75 Å². The molecule has 22 heavy (non-hydrogen) atoms. The van der Waals surface area contributed by atoms with Gasteiger partial charge in [0.05, 0.1) is 17.5 Å². The molecule has 0 atom stereocenters. The van der Waals surface area contributed by atoms with Crippen molar-refractivity contribution in [3.05, 3.63) is 72.1 Å². The Morgan fingerprint density at radius 2 is 1.95 bits per heavy atom. The van der Waals surface area contributed by atoms with Crippen molar-refractivity contribution in [3.63, 3.8) is 0 Å². The Bertz CT molecular complexity index is 755. The van der Waals surface area contributed by atoms with Gasteiger partial charge in [-0.25, -0.2) is 4.52 Å². The zero-order valence-electron chi connectivity index (χ0n) is 12.1. The minimum Gasteiger partial charge on any atom is -0.351 e. The quantitative estimate of drug-likeness (QED) is 0.761. The van der Waals surface area contributed by atoms with Gasteiger partial charge in [-0.1, -0.05) is 36.4 Å². The number of aromatic nitrogens is 2. The maximum atomic E-state index is 11.9. The topological polar surface area (TPSA) is 46.4 Å². The number of fused-ring (bicyclic) bond motifs is 1. The van der Waals surface area contributed by atoms with Gasteiger partial charge in [-0.05, 0) is 17.7 Å². The molecule has 0 aliphatic carbocycles. The summed E-state index contributed by atoms with van der Waals surface area (Å²) in [5, 5.41) is 7.21. The molecule has 0 unspecified atom stereocenters. The first-order chi connectivity index (χ1) is 10.8. The molecule has 0 spiro atoms. The average molecular weight is 311 g/mol. The third-order valence-corrected chi connectivity index (χ3v) is 4.33. The molecule has 3 rings (SSSR count). The first kappa shape index (κ1) is 14.7. The highest BCUT2D eigenvalue weighted by Crippen LogP contribution is 2.12. The number of hydrogen-bond acceptors (Lipinski definition) is 3. The van der Waals surface area contributed by atoms with Crippen LogP contribution in [0.1, 0.15) is 11.1 Å². The van der Waals surface area contributed by atoms with Crippen LogP contribution in [0.3, 0.4) is 0 Å². The third-order valence-electron chi connectivity index (χ3n) is 3.33. The summed E-state index contributed by atoms with van der Waals surface area (Å²) in [6, 6.07) is 16.1. The van der Waals surface area contributed by atoms with Gasteiger partial charge >= 0.3 is 0 Å². The maximum Gasteiger partial charge on any atom is 0.230 e. The number of carbonyl (C=O) groups is 1. The maximum absolute atomic E-state index is 11.9. The monoisotopic (exact) mass is 311 g/mol. The molecule has 4 nitrogen and oxygen atoms in total. The summed E-state index contributed by atoms with van der Waals surface area (Å²) < 4.78 is 1.81. The molecule has 0 aliphatic heterocycles. The first-order valence-electron chi connectivity index (χ1n) is 7.12. The van der Waals surface area contributed by atoms with Gasteiger partial charge in [-0.3, -0.25) is 4.79 Å². The predicted octanol–water partition coefficient (Wildman–Crippen LogP) is 2.88. The van der Waals surface area contributed by atoms with E-state index in [0.717, 1.165) is 16.8 Å². The number of nitrogens with zero attached hydrogens (tertiary/aromatic N) is 2. The first-order valence-corrected chi connectivity index (χ1v) is 8.28. The zero-order chi connectivity index (χ0) is 15.2. The number of benzene rings is 1. The van der Waals surface area contributed by atoms with Crippen LogP contribution < -0.4 is 5.32 Å². The van der Waals surface area contributed by atoms with Crippen molar-refractivity contribution in [1.82, 2.24) is 14.9 Å². The molecule has 112 valence electrons. The SMILES string of the molecule is O=C(CSCc1ccccc1)NCc1cnn2ccccc12. The molecule has 0 bridgehead atoms. The van der Waals surface area contributed by atoms with Crippen LogP contribution in [-0.2, 0) is 17.1 Å². The number of thioether (sulfide) groups is 1. The van der Waals surface area contributed by atoms with Crippen molar-refractivity contribution in [2.45, 2.75) is 12.3 Å². The number of nitrogens with one attached hydrogen (secondary N) is 1. The predicted molar refractivity (Wildman–Crippen MR) is 89.6 cm³/mol. The van der Waals surface area contributed by atoms with Gasteiger partial charge in [0.1, 0.15) is 0 Å². The van der Waals surface area contributed by atoms with Crippen molar-refractivity contribution in [3.8, 4) is 0 Å². The number of hydrogen-bond donors (Lipinski definition) is 1. The Morgan fingerprint density at radius 3 is 2.82 bits per heavy atom. The van der Waals surface area contributed by atoms with Crippen molar-refractivity contribution in [1.29, 1.82) is 0 Å². The highest BCUT2D eigenvalue weighted by atomic mass is 32.2. The highest BCUT2D eigenvalue weighted by molar-refractivity contribution is 7.99. The molecular formula is C17H17N3OS. The fourth-order valence-corrected chi connectivity index (χ4v) is 3.02. The minimum atomic E-state index is 0.0520. The van der Waals surface area contributed by atoms with Crippen molar-refractivity contribution in [2.24, 2.45) is 0 Å². The van der Waals surface area contributed by atoms with E-state index in [1.165, 1.54) is 5.56 Å². The van der Waals surface area contributed by atoms with Gasteiger partial charge < -0.3 is 5.32 Å². The second-order valence-corrected chi connectivity index (χ2v) is 5.94. The largest absolute Gasteiger partial charge is 0.351 e. The van der Waals surface area contributed by atoms with E-state index in [1.54, 1.807) is 18.0 Å². The number of rotatable bonds is 6. The molecule has 0 saturated carbocycles. The molecule has 0 saturated heterocycles. The van der Waals surface area contributed by atoms with Crippen LogP contribution >= 0.6 is 11.8 Å². The van der Waals surface area contributed by atoms with Gasteiger partial charge in [0.25, 0.3) is 0 Å². The van der Waals surface area contributed by atoms with Crippen molar-refractivity contribution < 1.29 is 4.79 Å². The minimum absolute atomic E-state index is 0.0520. The molecule has 3 aromatic rings. The van der Waals surface area contributed by atoms with Gasteiger partial charge in [0.2, 0.25) is 5.91 Å². The van der Waals surface area contributed by atoms with E-state index in [4.69, 9.17) is 0 Å². The molecular weight excluding hydrogens is 294 g/mol. The third kappa shape index (κ3) is 3.68. The number of amides is 1. The lowest BCUT2D eigenvalue weighted by Crippen LogP contribution is -2.24. The summed E-state index contributed by atoms with van der Waals surface area (Å²) in [5.74, 6) is 1.37. The van der Waals surface area contributed by atoms with E-state index >= 15 is 0 Å². The lowest BCUT2D eigenvalue weighted by molar-refractivity contribution is -0.118. The number of carbonyl (C=O) groups excluding carboxylic acids is 1. The van der Waals surface area contributed by atoms with Gasteiger partial charge in [0, 0.05) is 24.1 Å². The van der Waals surface area contributed by atoms with Crippen molar-refractivity contribution >= 4 is 23.2 Å². The van der Waals surface area contributed by atoms with E-state index in [1.807, 2.05) is 47.1 Å². The van der Waals surface area contributed by atoms with Gasteiger partial charge in [0.15, 0.2) is 0 Å². The van der Waals surface area contributed by atoms with Crippen LogP contribution in [0.25, 0.3) is 5.52 Å². The van der Waals surface area contributed by atoms with Crippen LogP contribution in [0.4, 0.5) is 0 Å². The Labute approximate surface area is 133 Å². The van der Waals surface area contributed by atoms with E-state index in [9.17, 15) is 4.79 Å². The molecule has 2 heterocycles. The van der Waals surface area contributed by atoms with Gasteiger partial charge in [-0.15, -0.1) is 11.8 Å². The highest BCUT2D eigenvalue weighted by Gasteiger charge is 2.06. The van der Waals surface area contributed by atoms with Crippen LogP contribution in [0, 0.1) is 0 Å². The molecule has 1 N–H and O–H groups in total. The summed E-state index contributed by atoms with van der Waals surface area (Å²) in [7, 11) is 0. The smallest absolute Gasteiger partial charge is 0.230 e. The fraction of sp³-hybridized carbons (Fsp3) is 0.176. The zero-order valence-corrected chi connectivity index (χ0v) is 12.9. The Kier molecular flexibility index (Phi) is 4.75. The average Bonchev–Trinajstić information content (AvgIpc) is 2.97. The van der Waals surface area contributed by atoms with Crippen LogP contribution in [-0.4, -0.2) is 21.3 Å². The summed E-state index contributed by atoms with van der Waals surface area (Å²) in [6.45, 7) is 0.512. The Balaban J connectivity index is 1.46. The normalized spacial score (nSPS) is 10.7. The molecule has 0 radical (unpaired) electrons. The molecule has 0 fully saturated rings. The van der Waals surface area contributed by atoms with Crippen LogP contribution in [0.5, 0.6) is 0 Å². The Morgan fingerprint density at radius 1 is 1.14 bits per heavy atom. The van der Waals surface area contributed by atoms with Crippen LogP contribution in [0.15, 0.2) is 60.9 Å².